The first kappa shape index (κ1) is 8.12. The minimum absolute atomic E-state index is 0.367. The summed E-state index contributed by atoms with van der Waals surface area (Å²) in [6.07, 6.45) is 0. The average Bonchev–Trinajstić information content (AvgIpc) is 1.88. The second kappa shape index (κ2) is 3.42. The van der Waals surface area contributed by atoms with Gasteiger partial charge in [-0.3, -0.25) is 0 Å². The molecule has 1 rings (SSSR count). The molecule has 0 N–H and O–H groups in total. The molecule has 1 aromatic carbocycles. The molecule has 0 aromatic heterocycles. The molecule has 0 heterocycles. The summed E-state index contributed by atoms with van der Waals surface area (Å²) < 4.78 is 0. The second-order valence-corrected chi connectivity index (χ2v) is 4.33. The molecule has 3 heteroatoms. The van der Waals surface area contributed by atoms with Gasteiger partial charge in [-0.05, 0) is 5.56 Å². The van der Waals surface area contributed by atoms with E-state index in [0.29, 0.717) is 0 Å². The molecule has 0 unspecified atom stereocenters. The molecule has 0 saturated heterocycles. The molecule has 0 atom stereocenters. The van der Waals surface area contributed by atoms with Gasteiger partial charge in [-0.2, -0.15) is 0 Å². The van der Waals surface area contributed by atoms with Gasteiger partial charge >= 0.3 is 0 Å². The van der Waals surface area contributed by atoms with Crippen LogP contribution in [-0.4, -0.2) is 10.2 Å². The third-order valence-corrected chi connectivity index (χ3v) is 2.80. The highest BCUT2D eigenvalue weighted by Gasteiger charge is 2.03. The van der Waals surface area contributed by atoms with Crippen molar-refractivity contribution in [1.29, 1.82) is 0 Å². The van der Waals surface area contributed by atoms with Gasteiger partial charge in [-0.25, -0.2) is 0 Å². The fourth-order valence-corrected chi connectivity index (χ4v) is 2.34. The fourth-order valence-electron chi connectivity index (χ4n) is 0.832. The lowest BCUT2D eigenvalue weighted by Crippen LogP contribution is -2.08. The molecule has 0 amide bonds. The van der Waals surface area contributed by atoms with E-state index in [1.807, 2.05) is 18.2 Å². The Morgan fingerprint density at radius 1 is 1.20 bits per heavy atom. The van der Waals surface area contributed by atoms with Crippen molar-refractivity contribution in [2.24, 2.45) is 0 Å². The molecule has 10 heavy (non-hydrogen) atoms. The Morgan fingerprint density at radius 3 is 2.20 bits per heavy atom. The van der Waals surface area contributed by atoms with E-state index in [9.17, 15) is 0 Å². The van der Waals surface area contributed by atoms with E-state index < -0.39 is 0 Å². The minimum atomic E-state index is -0.367. The van der Waals surface area contributed by atoms with Crippen LogP contribution in [0.3, 0.4) is 0 Å². The first-order valence-electron chi connectivity index (χ1n) is 3.05. The average molecular weight is 191 g/mol. The first-order chi connectivity index (χ1) is 4.72. The Bertz CT molecular complexity index is 223. The SMILES string of the molecule is [SiH3]c1ccccc1C(Cl)Cl. The molecular weight excluding hydrogens is 183 g/mol. The Morgan fingerprint density at radius 2 is 1.80 bits per heavy atom. The summed E-state index contributed by atoms with van der Waals surface area (Å²) in [6, 6.07) is 7.98. The van der Waals surface area contributed by atoms with Gasteiger partial charge in [0.1, 0.15) is 4.84 Å². The Labute approximate surface area is 73.6 Å². The Hall–Kier alpha value is 0.0169. The van der Waals surface area contributed by atoms with Crippen molar-refractivity contribution in [2.45, 2.75) is 4.84 Å². The van der Waals surface area contributed by atoms with Crippen molar-refractivity contribution in [1.82, 2.24) is 0 Å². The van der Waals surface area contributed by atoms with Crippen molar-refractivity contribution in [3.8, 4) is 0 Å². The maximum atomic E-state index is 5.70. The molecule has 0 radical (unpaired) electrons. The fraction of sp³-hybridized carbons (Fsp3) is 0.143. The van der Waals surface area contributed by atoms with Crippen LogP contribution in [0.4, 0.5) is 0 Å². The smallest absolute Gasteiger partial charge is 0.100 e. The van der Waals surface area contributed by atoms with Gasteiger partial charge in [0.05, 0.1) is 0 Å². The van der Waals surface area contributed by atoms with Crippen LogP contribution in [0, 0.1) is 0 Å². The van der Waals surface area contributed by atoms with E-state index in [-0.39, 0.29) is 4.84 Å². The highest BCUT2D eigenvalue weighted by molar-refractivity contribution is 6.46. The number of rotatable bonds is 1. The third-order valence-electron chi connectivity index (χ3n) is 1.42. The van der Waals surface area contributed by atoms with Crippen molar-refractivity contribution < 1.29 is 0 Å². The summed E-state index contributed by atoms with van der Waals surface area (Å²) >= 11 is 11.4. The molecule has 54 valence electrons. The maximum absolute atomic E-state index is 5.70. The molecule has 0 saturated carbocycles. The van der Waals surface area contributed by atoms with E-state index in [1.54, 1.807) is 0 Å². The van der Waals surface area contributed by atoms with Gasteiger partial charge in [0, 0.05) is 10.2 Å². The molecule has 1 aromatic rings. The zero-order valence-electron chi connectivity index (χ0n) is 5.64. The molecule has 0 fully saturated rings. The summed E-state index contributed by atoms with van der Waals surface area (Å²) in [5, 5.41) is 1.28. The molecule has 0 spiro atoms. The molecule has 0 aliphatic heterocycles. The van der Waals surface area contributed by atoms with E-state index in [0.717, 1.165) is 15.8 Å². The van der Waals surface area contributed by atoms with Gasteiger partial charge in [0.25, 0.3) is 0 Å². The lowest BCUT2D eigenvalue weighted by atomic mass is 10.2. The van der Waals surface area contributed by atoms with Gasteiger partial charge in [-0.15, -0.1) is 23.2 Å². The number of alkyl halides is 2. The summed E-state index contributed by atoms with van der Waals surface area (Å²) in [4.78, 5) is -0.367. The van der Waals surface area contributed by atoms with Crippen LogP contribution in [0.25, 0.3) is 0 Å². The predicted molar refractivity (Wildman–Crippen MR) is 50.5 cm³/mol. The normalized spacial score (nSPS) is 10.7. The minimum Gasteiger partial charge on any atom is -0.100 e. The molecular formula is C7H8Cl2Si. The number of hydrogen-bond donors (Lipinski definition) is 0. The van der Waals surface area contributed by atoms with Crippen molar-refractivity contribution in [3.05, 3.63) is 29.8 Å². The van der Waals surface area contributed by atoms with Crippen LogP contribution < -0.4 is 5.19 Å². The standard InChI is InChI=1S/C7H8Cl2Si/c8-7(9)5-3-1-2-4-6(5)10/h1-4,7H,10H3. The first-order valence-corrected chi connectivity index (χ1v) is 4.93. The van der Waals surface area contributed by atoms with Crippen LogP contribution in [0.5, 0.6) is 0 Å². The lowest BCUT2D eigenvalue weighted by Gasteiger charge is -2.03. The van der Waals surface area contributed by atoms with E-state index in [2.05, 4.69) is 6.07 Å². The van der Waals surface area contributed by atoms with E-state index in [4.69, 9.17) is 23.2 Å². The van der Waals surface area contributed by atoms with Crippen LogP contribution in [0.15, 0.2) is 24.3 Å². The Kier molecular flexibility index (Phi) is 2.78. The quantitative estimate of drug-likeness (QED) is 0.461. The van der Waals surface area contributed by atoms with Crippen LogP contribution in [0.1, 0.15) is 10.4 Å². The number of hydrogen-bond acceptors (Lipinski definition) is 0. The van der Waals surface area contributed by atoms with Crippen molar-refractivity contribution in [2.75, 3.05) is 0 Å². The lowest BCUT2D eigenvalue weighted by molar-refractivity contribution is 1.38. The Balaban J connectivity index is 3.03. The summed E-state index contributed by atoms with van der Waals surface area (Å²) in [5.41, 5.74) is 1.05. The highest BCUT2D eigenvalue weighted by Crippen LogP contribution is 2.21. The van der Waals surface area contributed by atoms with Crippen LogP contribution in [-0.2, 0) is 0 Å². The highest BCUT2D eigenvalue weighted by atomic mass is 35.5. The van der Waals surface area contributed by atoms with Gasteiger partial charge in [0.15, 0.2) is 0 Å². The second-order valence-electron chi connectivity index (χ2n) is 2.16. The molecule has 0 aliphatic rings. The van der Waals surface area contributed by atoms with Crippen molar-refractivity contribution in [3.63, 3.8) is 0 Å². The number of benzene rings is 1. The van der Waals surface area contributed by atoms with Gasteiger partial charge in [0.2, 0.25) is 0 Å². The topological polar surface area (TPSA) is 0 Å². The zero-order valence-corrected chi connectivity index (χ0v) is 9.15. The number of halogens is 2. The summed E-state index contributed by atoms with van der Waals surface area (Å²) in [6.45, 7) is 0. The van der Waals surface area contributed by atoms with Crippen LogP contribution in [0.2, 0.25) is 0 Å². The summed E-state index contributed by atoms with van der Waals surface area (Å²) in [5.74, 6) is 0. The third kappa shape index (κ3) is 1.75. The van der Waals surface area contributed by atoms with Gasteiger partial charge < -0.3 is 0 Å². The van der Waals surface area contributed by atoms with Gasteiger partial charge in [-0.1, -0.05) is 29.5 Å². The molecule has 0 bridgehead atoms. The monoisotopic (exact) mass is 190 g/mol. The molecule has 0 nitrogen and oxygen atoms in total. The predicted octanol–water partition coefficient (Wildman–Crippen LogP) is 1.15. The summed E-state index contributed by atoms with van der Waals surface area (Å²) in [7, 11) is 1.00. The van der Waals surface area contributed by atoms with E-state index in [1.165, 1.54) is 5.19 Å². The maximum Gasteiger partial charge on any atom is 0.132 e. The molecule has 0 aliphatic carbocycles. The van der Waals surface area contributed by atoms with Crippen LogP contribution >= 0.6 is 23.2 Å². The van der Waals surface area contributed by atoms with Crippen molar-refractivity contribution >= 4 is 38.6 Å². The van der Waals surface area contributed by atoms with E-state index >= 15 is 0 Å². The zero-order chi connectivity index (χ0) is 7.56. The largest absolute Gasteiger partial charge is 0.132 e.